The topological polar surface area (TPSA) is 21.3 Å². The summed E-state index contributed by atoms with van der Waals surface area (Å²) in [4.78, 5) is 0. The highest BCUT2D eigenvalue weighted by Crippen LogP contribution is 2.33. The van der Waals surface area contributed by atoms with Gasteiger partial charge in [0.05, 0.1) is 12.6 Å². The lowest BCUT2D eigenvalue weighted by atomic mass is 9.91. The standard InChI is InChI=1S/C19H25NO/c1-5-13-21-17-12-7-6-11-16(17)19(20-4)18-14(2)9-8-10-15(18)3/h6-12,19-20H,5,13H2,1-4H3. The van der Waals surface area contributed by atoms with Crippen molar-refractivity contribution < 1.29 is 4.74 Å². The van der Waals surface area contributed by atoms with Gasteiger partial charge in [0, 0.05) is 5.56 Å². The van der Waals surface area contributed by atoms with Gasteiger partial charge < -0.3 is 10.1 Å². The Morgan fingerprint density at radius 2 is 1.67 bits per heavy atom. The molecule has 0 aliphatic rings. The maximum Gasteiger partial charge on any atom is 0.124 e. The molecule has 2 heteroatoms. The van der Waals surface area contributed by atoms with Crippen molar-refractivity contribution in [2.45, 2.75) is 33.2 Å². The Hall–Kier alpha value is -1.80. The van der Waals surface area contributed by atoms with E-state index < -0.39 is 0 Å². The van der Waals surface area contributed by atoms with Crippen LogP contribution in [0.25, 0.3) is 0 Å². The molecule has 0 spiro atoms. The van der Waals surface area contributed by atoms with Crippen LogP contribution >= 0.6 is 0 Å². The van der Waals surface area contributed by atoms with Crippen molar-refractivity contribution in [3.05, 3.63) is 64.7 Å². The molecule has 21 heavy (non-hydrogen) atoms. The number of rotatable bonds is 6. The molecule has 2 rings (SSSR count). The summed E-state index contributed by atoms with van der Waals surface area (Å²) >= 11 is 0. The Kier molecular flexibility index (Phi) is 5.40. The van der Waals surface area contributed by atoms with Gasteiger partial charge in [0.15, 0.2) is 0 Å². The molecule has 2 aromatic carbocycles. The van der Waals surface area contributed by atoms with Crippen LogP contribution in [0, 0.1) is 13.8 Å². The first kappa shape index (κ1) is 15.6. The first-order chi connectivity index (χ1) is 10.2. The van der Waals surface area contributed by atoms with Crippen LogP contribution in [0.15, 0.2) is 42.5 Å². The molecule has 0 aromatic heterocycles. The molecule has 0 amide bonds. The highest BCUT2D eigenvalue weighted by Gasteiger charge is 2.19. The van der Waals surface area contributed by atoms with Crippen molar-refractivity contribution in [2.75, 3.05) is 13.7 Å². The number of benzene rings is 2. The van der Waals surface area contributed by atoms with E-state index in [0.717, 1.165) is 18.8 Å². The number of hydrogen-bond acceptors (Lipinski definition) is 2. The largest absolute Gasteiger partial charge is 0.493 e. The average molecular weight is 283 g/mol. The van der Waals surface area contributed by atoms with E-state index in [1.165, 1.54) is 22.3 Å². The molecule has 2 aromatic rings. The van der Waals surface area contributed by atoms with E-state index in [-0.39, 0.29) is 6.04 Å². The molecule has 1 N–H and O–H groups in total. The molecular formula is C19H25NO. The number of hydrogen-bond donors (Lipinski definition) is 1. The lowest BCUT2D eigenvalue weighted by Gasteiger charge is -2.24. The van der Waals surface area contributed by atoms with Crippen LogP contribution in [0.1, 0.15) is 41.6 Å². The van der Waals surface area contributed by atoms with E-state index >= 15 is 0 Å². The Morgan fingerprint density at radius 3 is 2.29 bits per heavy atom. The molecule has 1 atom stereocenters. The number of ether oxygens (including phenoxy) is 1. The highest BCUT2D eigenvalue weighted by molar-refractivity contribution is 5.46. The first-order valence-corrected chi connectivity index (χ1v) is 7.64. The van der Waals surface area contributed by atoms with E-state index in [2.05, 4.69) is 62.5 Å². The summed E-state index contributed by atoms with van der Waals surface area (Å²) in [7, 11) is 2.01. The zero-order valence-corrected chi connectivity index (χ0v) is 13.4. The molecular weight excluding hydrogens is 258 g/mol. The molecule has 0 saturated heterocycles. The van der Waals surface area contributed by atoms with Gasteiger partial charge in [0.25, 0.3) is 0 Å². The zero-order valence-electron chi connectivity index (χ0n) is 13.4. The fraction of sp³-hybridized carbons (Fsp3) is 0.368. The van der Waals surface area contributed by atoms with Crippen LogP contribution in [0.3, 0.4) is 0 Å². The van der Waals surface area contributed by atoms with Crippen molar-refractivity contribution in [1.29, 1.82) is 0 Å². The van der Waals surface area contributed by atoms with Crippen LogP contribution in [-0.4, -0.2) is 13.7 Å². The minimum Gasteiger partial charge on any atom is -0.493 e. The normalized spacial score (nSPS) is 12.2. The minimum atomic E-state index is 0.152. The summed E-state index contributed by atoms with van der Waals surface area (Å²) in [6.07, 6.45) is 1.02. The minimum absolute atomic E-state index is 0.152. The Bertz CT molecular complexity index is 572. The molecule has 112 valence electrons. The molecule has 0 aliphatic heterocycles. The zero-order chi connectivity index (χ0) is 15.2. The van der Waals surface area contributed by atoms with Crippen LogP contribution in [0.2, 0.25) is 0 Å². The fourth-order valence-corrected chi connectivity index (χ4v) is 2.80. The second-order valence-corrected chi connectivity index (χ2v) is 5.41. The summed E-state index contributed by atoms with van der Waals surface area (Å²) in [6.45, 7) is 7.22. The number of para-hydroxylation sites is 1. The van der Waals surface area contributed by atoms with Crippen LogP contribution in [0.5, 0.6) is 5.75 Å². The van der Waals surface area contributed by atoms with Gasteiger partial charge in [0.1, 0.15) is 5.75 Å². The quantitative estimate of drug-likeness (QED) is 0.848. The third kappa shape index (κ3) is 3.45. The van der Waals surface area contributed by atoms with Crippen LogP contribution in [0.4, 0.5) is 0 Å². The van der Waals surface area contributed by atoms with Crippen LogP contribution < -0.4 is 10.1 Å². The summed E-state index contributed by atoms with van der Waals surface area (Å²) in [6, 6.07) is 14.9. The smallest absolute Gasteiger partial charge is 0.124 e. The van der Waals surface area contributed by atoms with E-state index in [0.29, 0.717) is 0 Å². The maximum atomic E-state index is 5.93. The SMILES string of the molecule is CCCOc1ccccc1C(NC)c1c(C)cccc1C. The van der Waals surface area contributed by atoms with Gasteiger partial charge in [-0.05, 0) is 50.1 Å². The van der Waals surface area contributed by atoms with Gasteiger partial charge >= 0.3 is 0 Å². The van der Waals surface area contributed by atoms with Gasteiger partial charge in [-0.15, -0.1) is 0 Å². The Balaban J connectivity index is 2.47. The lowest BCUT2D eigenvalue weighted by Crippen LogP contribution is -2.20. The second-order valence-electron chi connectivity index (χ2n) is 5.41. The summed E-state index contributed by atoms with van der Waals surface area (Å²) in [5, 5.41) is 3.45. The third-order valence-electron chi connectivity index (χ3n) is 3.81. The predicted molar refractivity (Wildman–Crippen MR) is 89.0 cm³/mol. The second kappa shape index (κ2) is 7.28. The number of aryl methyl sites for hydroxylation is 2. The molecule has 0 saturated carbocycles. The monoisotopic (exact) mass is 283 g/mol. The fourth-order valence-electron chi connectivity index (χ4n) is 2.80. The number of nitrogens with one attached hydrogen (secondary N) is 1. The van der Waals surface area contributed by atoms with Crippen molar-refractivity contribution >= 4 is 0 Å². The predicted octanol–water partition coefficient (Wildman–Crippen LogP) is 4.40. The molecule has 0 heterocycles. The third-order valence-corrected chi connectivity index (χ3v) is 3.81. The van der Waals surface area contributed by atoms with Gasteiger partial charge in [-0.1, -0.05) is 43.3 Å². The first-order valence-electron chi connectivity index (χ1n) is 7.64. The van der Waals surface area contributed by atoms with Gasteiger partial charge in [-0.25, -0.2) is 0 Å². The van der Waals surface area contributed by atoms with Crippen LogP contribution in [-0.2, 0) is 0 Å². The van der Waals surface area contributed by atoms with Gasteiger partial charge in [-0.2, -0.15) is 0 Å². The van der Waals surface area contributed by atoms with Crippen molar-refractivity contribution in [2.24, 2.45) is 0 Å². The molecule has 2 nitrogen and oxygen atoms in total. The van der Waals surface area contributed by atoms with Gasteiger partial charge in [0.2, 0.25) is 0 Å². The molecule has 0 aliphatic carbocycles. The molecule has 0 fully saturated rings. The van der Waals surface area contributed by atoms with E-state index in [4.69, 9.17) is 4.74 Å². The van der Waals surface area contributed by atoms with E-state index in [1.807, 2.05) is 13.1 Å². The summed E-state index contributed by atoms with van der Waals surface area (Å²) in [5.74, 6) is 0.973. The van der Waals surface area contributed by atoms with E-state index in [9.17, 15) is 0 Å². The maximum absolute atomic E-state index is 5.93. The Morgan fingerprint density at radius 1 is 1.00 bits per heavy atom. The molecule has 0 radical (unpaired) electrons. The molecule has 0 bridgehead atoms. The van der Waals surface area contributed by atoms with Crippen molar-refractivity contribution in [1.82, 2.24) is 5.32 Å². The molecule has 1 unspecified atom stereocenters. The summed E-state index contributed by atoms with van der Waals surface area (Å²) < 4.78 is 5.93. The van der Waals surface area contributed by atoms with Crippen molar-refractivity contribution in [3.63, 3.8) is 0 Å². The summed E-state index contributed by atoms with van der Waals surface area (Å²) in [5.41, 5.74) is 5.15. The Labute approximate surface area is 128 Å². The lowest BCUT2D eigenvalue weighted by molar-refractivity contribution is 0.312. The van der Waals surface area contributed by atoms with E-state index in [1.54, 1.807) is 0 Å². The van der Waals surface area contributed by atoms with Crippen molar-refractivity contribution in [3.8, 4) is 5.75 Å². The average Bonchev–Trinajstić information content (AvgIpc) is 2.49. The van der Waals surface area contributed by atoms with Gasteiger partial charge in [-0.3, -0.25) is 0 Å². The highest BCUT2D eigenvalue weighted by atomic mass is 16.5.